The van der Waals surface area contributed by atoms with E-state index in [0.717, 1.165) is 16.2 Å². The van der Waals surface area contributed by atoms with E-state index in [1.165, 1.54) is 11.8 Å². The van der Waals surface area contributed by atoms with E-state index in [9.17, 15) is 10.1 Å². The lowest BCUT2D eigenvalue weighted by Crippen LogP contribution is -2.29. The van der Waals surface area contributed by atoms with Crippen molar-refractivity contribution in [2.45, 2.75) is 12.8 Å². The zero-order valence-corrected chi connectivity index (χ0v) is 15.9. The Morgan fingerprint density at radius 2 is 2.07 bits per heavy atom. The van der Waals surface area contributed by atoms with Gasteiger partial charge in [-0.1, -0.05) is 36.4 Å². The Morgan fingerprint density at radius 1 is 1.30 bits per heavy atom. The molecule has 27 heavy (non-hydrogen) atoms. The average molecular weight is 377 g/mol. The minimum absolute atomic E-state index is 0.255. The number of thioether (sulfide) groups is 1. The second-order valence-corrected chi connectivity index (χ2v) is 6.59. The van der Waals surface area contributed by atoms with Gasteiger partial charge in [-0.05, 0) is 30.4 Å². The van der Waals surface area contributed by atoms with Gasteiger partial charge < -0.3 is 10.1 Å². The smallest absolute Gasteiger partial charge is 0.337 e. The second kappa shape index (κ2) is 8.56. The molecular formula is C21H19N3O2S. The number of allylic oxidation sites excluding steroid dienone is 1. The number of rotatable bonds is 5. The molecule has 1 aromatic heterocycles. The predicted molar refractivity (Wildman–Crippen MR) is 106 cm³/mol. The van der Waals surface area contributed by atoms with Crippen LogP contribution in [0.15, 0.2) is 71.0 Å². The number of carbonyl (C=O) groups excluding carboxylic acids is 1. The monoisotopic (exact) mass is 377 g/mol. The van der Waals surface area contributed by atoms with Crippen LogP contribution in [0.4, 0.5) is 0 Å². The molecule has 6 heteroatoms. The summed E-state index contributed by atoms with van der Waals surface area (Å²) in [6.07, 6.45) is 5.26. The van der Waals surface area contributed by atoms with Crippen LogP contribution in [0.3, 0.4) is 0 Å². The maximum atomic E-state index is 12.9. The lowest BCUT2D eigenvalue weighted by Gasteiger charge is -2.30. The number of benzene rings is 1. The van der Waals surface area contributed by atoms with Crippen LogP contribution < -0.4 is 5.32 Å². The molecular weight excluding hydrogens is 358 g/mol. The summed E-state index contributed by atoms with van der Waals surface area (Å²) in [6.45, 7) is 2.02. The van der Waals surface area contributed by atoms with Crippen molar-refractivity contribution in [2.24, 2.45) is 0 Å². The molecule has 2 aromatic rings. The largest absolute Gasteiger partial charge is 0.463 e. The fourth-order valence-electron chi connectivity index (χ4n) is 3.09. The van der Waals surface area contributed by atoms with E-state index < -0.39 is 11.9 Å². The maximum absolute atomic E-state index is 12.9. The molecule has 1 unspecified atom stereocenters. The highest BCUT2D eigenvalue weighted by molar-refractivity contribution is 8.02. The fourth-order valence-corrected chi connectivity index (χ4v) is 3.67. The van der Waals surface area contributed by atoms with Gasteiger partial charge in [-0.2, -0.15) is 5.26 Å². The SMILES string of the molecule is CCOC(=O)C1=C(c2ccccc2)NC(SC)=C(C#N)C1c1cccnc1. The summed E-state index contributed by atoms with van der Waals surface area (Å²) in [4.78, 5) is 17.1. The number of ether oxygens (including phenoxy) is 1. The molecule has 3 rings (SSSR count). The van der Waals surface area contributed by atoms with Crippen molar-refractivity contribution >= 4 is 23.4 Å². The van der Waals surface area contributed by atoms with Gasteiger partial charge in [-0.25, -0.2) is 4.79 Å². The van der Waals surface area contributed by atoms with E-state index in [4.69, 9.17) is 4.74 Å². The quantitative estimate of drug-likeness (QED) is 0.798. The summed E-state index contributed by atoms with van der Waals surface area (Å²) in [5.41, 5.74) is 3.20. The Morgan fingerprint density at radius 3 is 2.67 bits per heavy atom. The fraction of sp³-hybridized carbons (Fsp3) is 0.190. The van der Waals surface area contributed by atoms with E-state index in [1.807, 2.05) is 42.7 Å². The number of carbonyl (C=O) groups is 1. The molecule has 0 amide bonds. The summed E-state index contributed by atoms with van der Waals surface area (Å²) in [5.74, 6) is -0.979. The van der Waals surface area contributed by atoms with Crippen molar-refractivity contribution < 1.29 is 9.53 Å². The summed E-state index contributed by atoms with van der Waals surface area (Å²) < 4.78 is 5.35. The van der Waals surface area contributed by atoms with Crippen molar-refractivity contribution in [2.75, 3.05) is 12.9 Å². The molecule has 1 aliphatic heterocycles. The topological polar surface area (TPSA) is 75.0 Å². The highest BCUT2D eigenvalue weighted by Crippen LogP contribution is 2.42. The zero-order chi connectivity index (χ0) is 19.2. The summed E-state index contributed by atoms with van der Waals surface area (Å²) in [5, 5.41) is 13.9. The Bertz CT molecular complexity index is 931. The first kappa shape index (κ1) is 18.7. The van der Waals surface area contributed by atoms with Crippen molar-refractivity contribution in [1.82, 2.24) is 10.3 Å². The van der Waals surface area contributed by atoms with Crippen LogP contribution in [0.1, 0.15) is 24.0 Å². The van der Waals surface area contributed by atoms with Crippen molar-refractivity contribution in [1.29, 1.82) is 5.26 Å². The minimum Gasteiger partial charge on any atom is -0.463 e. The number of aromatic nitrogens is 1. The van der Waals surface area contributed by atoms with E-state index in [0.29, 0.717) is 16.8 Å². The number of nitrogens with one attached hydrogen (secondary N) is 1. The Balaban J connectivity index is 2.29. The van der Waals surface area contributed by atoms with Crippen LogP contribution >= 0.6 is 11.8 Å². The molecule has 0 aliphatic carbocycles. The van der Waals surface area contributed by atoms with E-state index in [1.54, 1.807) is 25.4 Å². The molecule has 5 nitrogen and oxygen atoms in total. The lowest BCUT2D eigenvalue weighted by molar-refractivity contribution is -0.138. The number of nitriles is 1. The number of dihydropyridines is 1. The highest BCUT2D eigenvalue weighted by Gasteiger charge is 2.36. The third-order valence-electron chi connectivity index (χ3n) is 4.23. The number of pyridine rings is 1. The van der Waals surface area contributed by atoms with Gasteiger partial charge in [0.05, 0.1) is 40.5 Å². The van der Waals surface area contributed by atoms with Crippen LogP contribution in [-0.4, -0.2) is 23.8 Å². The van der Waals surface area contributed by atoms with E-state index in [-0.39, 0.29) is 6.61 Å². The third-order valence-corrected chi connectivity index (χ3v) is 4.96. The Kier molecular flexibility index (Phi) is 5.94. The predicted octanol–water partition coefficient (Wildman–Crippen LogP) is 3.84. The van der Waals surface area contributed by atoms with Gasteiger partial charge >= 0.3 is 5.97 Å². The molecule has 1 aromatic carbocycles. The standard InChI is InChI=1S/C21H19N3O2S/c1-3-26-21(25)18-17(15-10-7-11-23-13-15)16(12-22)20(27-2)24-19(18)14-8-5-4-6-9-14/h4-11,13,17,24H,3H2,1-2H3. The Labute approximate surface area is 162 Å². The first-order chi connectivity index (χ1) is 13.2. The third kappa shape index (κ3) is 3.74. The second-order valence-electron chi connectivity index (χ2n) is 5.78. The van der Waals surface area contributed by atoms with Gasteiger partial charge in [0.1, 0.15) is 0 Å². The normalized spacial score (nSPS) is 16.6. The molecule has 1 aliphatic rings. The molecule has 0 saturated heterocycles. The van der Waals surface area contributed by atoms with Crippen molar-refractivity contribution in [3.63, 3.8) is 0 Å². The number of hydrogen-bond acceptors (Lipinski definition) is 6. The average Bonchev–Trinajstić information content (AvgIpc) is 2.73. The molecule has 2 heterocycles. The minimum atomic E-state index is -0.540. The van der Waals surface area contributed by atoms with Gasteiger partial charge in [0, 0.05) is 12.4 Å². The summed E-state index contributed by atoms with van der Waals surface area (Å²) >= 11 is 1.44. The van der Waals surface area contributed by atoms with Gasteiger partial charge in [0.15, 0.2) is 0 Å². The molecule has 136 valence electrons. The van der Waals surface area contributed by atoms with E-state index in [2.05, 4.69) is 16.4 Å². The van der Waals surface area contributed by atoms with Crippen LogP contribution in [0.2, 0.25) is 0 Å². The highest BCUT2D eigenvalue weighted by atomic mass is 32.2. The molecule has 0 saturated carbocycles. The van der Waals surface area contributed by atoms with Crippen molar-refractivity contribution in [3.05, 3.63) is 82.2 Å². The van der Waals surface area contributed by atoms with Crippen molar-refractivity contribution in [3.8, 4) is 6.07 Å². The van der Waals surface area contributed by atoms with Crippen LogP contribution in [-0.2, 0) is 9.53 Å². The molecule has 0 radical (unpaired) electrons. The van der Waals surface area contributed by atoms with Crippen LogP contribution in [0, 0.1) is 11.3 Å². The first-order valence-electron chi connectivity index (χ1n) is 8.53. The van der Waals surface area contributed by atoms with Crippen LogP contribution in [0.5, 0.6) is 0 Å². The first-order valence-corrected chi connectivity index (χ1v) is 9.75. The number of hydrogen-bond donors (Lipinski definition) is 1. The molecule has 1 atom stereocenters. The Hall–Kier alpha value is -3.04. The summed E-state index contributed by atoms with van der Waals surface area (Å²) in [7, 11) is 0. The van der Waals surface area contributed by atoms with Crippen LogP contribution in [0.25, 0.3) is 5.70 Å². The van der Waals surface area contributed by atoms with E-state index >= 15 is 0 Å². The molecule has 0 spiro atoms. The number of esters is 1. The van der Waals surface area contributed by atoms with Gasteiger partial charge in [-0.15, -0.1) is 11.8 Å². The lowest BCUT2D eigenvalue weighted by atomic mass is 9.82. The number of nitrogens with zero attached hydrogens (tertiary/aromatic N) is 2. The maximum Gasteiger partial charge on any atom is 0.337 e. The summed E-state index contributed by atoms with van der Waals surface area (Å²) in [6, 6.07) is 15.6. The molecule has 1 N–H and O–H groups in total. The van der Waals surface area contributed by atoms with Gasteiger partial charge in [-0.3, -0.25) is 4.98 Å². The zero-order valence-electron chi connectivity index (χ0n) is 15.1. The van der Waals surface area contributed by atoms with Gasteiger partial charge in [0.25, 0.3) is 0 Å². The van der Waals surface area contributed by atoms with Gasteiger partial charge in [0.2, 0.25) is 0 Å². The molecule has 0 fully saturated rings. The molecule has 0 bridgehead atoms.